The maximum Gasteiger partial charge on any atom is 0.255 e. The molecule has 0 radical (unpaired) electrons. The first-order chi connectivity index (χ1) is 12.0. The first kappa shape index (κ1) is 17.9. The zero-order valence-electron chi connectivity index (χ0n) is 14.5. The van der Waals surface area contributed by atoms with E-state index in [4.69, 9.17) is 0 Å². The van der Waals surface area contributed by atoms with Crippen LogP contribution in [-0.2, 0) is 11.2 Å². The van der Waals surface area contributed by atoms with Crippen LogP contribution in [0, 0.1) is 12.8 Å². The van der Waals surface area contributed by atoms with Crippen molar-refractivity contribution in [3.63, 3.8) is 0 Å². The molecule has 2 aromatic rings. The fourth-order valence-electron chi connectivity index (χ4n) is 3.82. The normalized spacial score (nSPS) is 16.7. The number of aromatic nitrogens is 2. The Balaban J connectivity index is 1.90. The molecule has 1 atom stereocenters. The number of aryl methyl sites for hydroxylation is 1. The van der Waals surface area contributed by atoms with Crippen LogP contribution >= 0.6 is 11.3 Å². The van der Waals surface area contributed by atoms with Gasteiger partial charge in [0.15, 0.2) is 5.78 Å². The predicted molar refractivity (Wildman–Crippen MR) is 98.2 cm³/mol. The molecular weight excluding hydrogens is 336 g/mol. The smallest absolute Gasteiger partial charge is 0.255 e. The molecule has 1 unspecified atom stereocenters. The number of aromatic hydroxyl groups is 1. The highest BCUT2D eigenvalue weighted by Crippen LogP contribution is 2.32. The molecule has 5 nitrogen and oxygen atoms in total. The largest absolute Gasteiger partial charge is 0.508 e. The van der Waals surface area contributed by atoms with Gasteiger partial charge in [0.2, 0.25) is 0 Å². The first-order valence-electron chi connectivity index (χ1n) is 8.88. The topological polar surface area (TPSA) is 72.2 Å². The van der Waals surface area contributed by atoms with Gasteiger partial charge in [0.1, 0.15) is 5.75 Å². The molecule has 0 aliphatic heterocycles. The zero-order chi connectivity index (χ0) is 17.8. The minimum absolute atomic E-state index is 0.0245. The van der Waals surface area contributed by atoms with Crippen LogP contribution in [0.25, 0.3) is 0 Å². The molecule has 6 heteroatoms. The van der Waals surface area contributed by atoms with Gasteiger partial charge in [-0.1, -0.05) is 32.1 Å². The number of thiazole rings is 1. The number of nitrogens with zero attached hydrogens (tertiary/aromatic N) is 2. The summed E-state index contributed by atoms with van der Waals surface area (Å²) in [7, 11) is 0. The lowest BCUT2D eigenvalue weighted by atomic mass is 9.83. The van der Waals surface area contributed by atoms with Gasteiger partial charge >= 0.3 is 0 Å². The van der Waals surface area contributed by atoms with Gasteiger partial charge in [-0.15, -0.1) is 11.3 Å². The van der Waals surface area contributed by atoms with Crippen molar-refractivity contribution in [3.05, 3.63) is 44.8 Å². The number of hydrogen-bond donors (Lipinski definition) is 1. The molecule has 2 aromatic heterocycles. The van der Waals surface area contributed by atoms with E-state index in [1.54, 1.807) is 23.8 Å². The monoisotopic (exact) mass is 360 g/mol. The number of pyridine rings is 1. The summed E-state index contributed by atoms with van der Waals surface area (Å²) in [6.07, 6.45) is 8.52. The van der Waals surface area contributed by atoms with Gasteiger partial charge < -0.3 is 9.67 Å². The number of carbonyl (C=O) groups excluding carboxylic acids is 1. The van der Waals surface area contributed by atoms with Crippen molar-refractivity contribution in [2.45, 2.75) is 57.9 Å². The molecular formula is C19H24N2O3S. The van der Waals surface area contributed by atoms with E-state index in [0.717, 1.165) is 17.8 Å². The first-order valence-corrected chi connectivity index (χ1v) is 9.76. The van der Waals surface area contributed by atoms with Crippen LogP contribution in [0.5, 0.6) is 5.75 Å². The second-order valence-corrected chi connectivity index (χ2v) is 7.87. The summed E-state index contributed by atoms with van der Waals surface area (Å²) in [5, 5.41) is 12.3. The Labute approximate surface area is 151 Å². The molecule has 0 bridgehead atoms. The molecule has 0 amide bonds. The Kier molecular flexibility index (Phi) is 5.68. The van der Waals surface area contributed by atoms with Crippen LogP contribution in [0.2, 0.25) is 0 Å². The van der Waals surface area contributed by atoms with Crippen molar-refractivity contribution < 1.29 is 9.90 Å². The summed E-state index contributed by atoms with van der Waals surface area (Å²) < 4.78 is 1.56. The van der Waals surface area contributed by atoms with Crippen LogP contribution in [0.3, 0.4) is 0 Å². The van der Waals surface area contributed by atoms with Gasteiger partial charge in [0, 0.05) is 23.3 Å². The van der Waals surface area contributed by atoms with Gasteiger partial charge in [-0.3, -0.25) is 9.59 Å². The van der Waals surface area contributed by atoms with Crippen molar-refractivity contribution >= 4 is 17.1 Å². The molecule has 1 aliphatic rings. The lowest BCUT2D eigenvalue weighted by Gasteiger charge is -2.28. The minimum Gasteiger partial charge on any atom is -0.508 e. The quantitative estimate of drug-likeness (QED) is 0.853. The Morgan fingerprint density at radius 2 is 2.12 bits per heavy atom. The highest BCUT2D eigenvalue weighted by molar-refractivity contribution is 7.09. The van der Waals surface area contributed by atoms with Gasteiger partial charge in [0.05, 0.1) is 17.5 Å². The Hall–Kier alpha value is -1.95. The van der Waals surface area contributed by atoms with E-state index in [-0.39, 0.29) is 23.5 Å². The van der Waals surface area contributed by atoms with Crippen LogP contribution in [0.1, 0.15) is 55.3 Å². The Bertz CT molecular complexity index is 776. The van der Waals surface area contributed by atoms with Gasteiger partial charge in [-0.05, 0) is 25.3 Å². The Morgan fingerprint density at radius 3 is 2.76 bits per heavy atom. The Morgan fingerprint density at radius 1 is 1.36 bits per heavy atom. The number of ketones is 1. The predicted octanol–water partition coefficient (Wildman–Crippen LogP) is 3.64. The van der Waals surface area contributed by atoms with E-state index in [1.807, 2.05) is 5.38 Å². The van der Waals surface area contributed by atoms with E-state index in [2.05, 4.69) is 4.98 Å². The van der Waals surface area contributed by atoms with Gasteiger partial charge in [0.25, 0.3) is 5.56 Å². The van der Waals surface area contributed by atoms with E-state index < -0.39 is 6.04 Å². The third kappa shape index (κ3) is 4.37. The summed E-state index contributed by atoms with van der Waals surface area (Å²) in [5.74, 6) is 0.443. The molecule has 1 saturated carbocycles. The second-order valence-electron chi connectivity index (χ2n) is 6.89. The third-order valence-corrected chi connectivity index (χ3v) is 5.80. The lowest BCUT2D eigenvalue weighted by molar-refractivity contribution is -0.122. The summed E-state index contributed by atoms with van der Waals surface area (Å²) in [4.78, 5) is 29.7. The molecule has 0 aromatic carbocycles. The maximum atomic E-state index is 13.0. The average molecular weight is 360 g/mol. The van der Waals surface area contributed by atoms with Gasteiger partial charge in [-0.2, -0.15) is 0 Å². The number of carbonyl (C=O) groups is 1. The van der Waals surface area contributed by atoms with Crippen molar-refractivity contribution in [2.24, 2.45) is 5.92 Å². The highest BCUT2D eigenvalue weighted by Gasteiger charge is 2.28. The van der Waals surface area contributed by atoms with E-state index in [9.17, 15) is 14.7 Å². The van der Waals surface area contributed by atoms with Crippen molar-refractivity contribution in [3.8, 4) is 5.75 Å². The van der Waals surface area contributed by atoms with Crippen LogP contribution in [0.15, 0.2) is 28.5 Å². The molecule has 2 heterocycles. The fraction of sp³-hybridized carbons (Fsp3) is 0.526. The van der Waals surface area contributed by atoms with Crippen LogP contribution in [-0.4, -0.2) is 20.4 Å². The van der Waals surface area contributed by atoms with E-state index >= 15 is 0 Å². The molecule has 3 rings (SSSR count). The number of Topliss-reactive ketones (excluding diaryl/α,β-unsaturated/α-hetero) is 1. The van der Waals surface area contributed by atoms with Crippen molar-refractivity contribution in [1.29, 1.82) is 0 Å². The summed E-state index contributed by atoms with van der Waals surface area (Å²) in [6, 6.07) is 2.25. The summed E-state index contributed by atoms with van der Waals surface area (Å²) in [5.41, 5.74) is 0.309. The van der Waals surface area contributed by atoms with Crippen LogP contribution < -0.4 is 5.56 Å². The maximum absolute atomic E-state index is 13.0. The summed E-state index contributed by atoms with van der Waals surface area (Å²) >= 11 is 1.46. The van der Waals surface area contributed by atoms with E-state index in [0.29, 0.717) is 18.0 Å². The minimum atomic E-state index is -0.486. The standard InChI is InChI=1S/C19H24N2O3S/c1-13-9-15(22)11-19(24)21(13)16(10-14-5-3-2-4-6-14)17(23)12-18-20-7-8-25-18/h7-9,11,14,16,22H,2-6,10,12H2,1H3. The fourth-order valence-corrected chi connectivity index (χ4v) is 4.45. The third-order valence-electron chi connectivity index (χ3n) is 5.02. The highest BCUT2D eigenvalue weighted by atomic mass is 32.1. The number of rotatable bonds is 6. The molecule has 0 spiro atoms. The molecule has 1 aliphatic carbocycles. The second kappa shape index (κ2) is 7.95. The molecule has 1 fully saturated rings. The summed E-state index contributed by atoms with van der Waals surface area (Å²) in [6.45, 7) is 1.77. The van der Waals surface area contributed by atoms with E-state index in [1.165, 1.54) is 36.7 Å². The molecule has 0 saturated heterocycles. The molecule has 25 heavy (non-hydrogen) atoms. The number of hydrogen-bond acceptors (Lipinski definition) is 5. The SMILES string of the molecule is Cc1cc(O)cc(=O)n1C(CC1CCCCC1)C(=O)Cc1nccs1. The van der Waals surface area contributed by atoms with Crippen molar-refractivity contribution in [2.75, 3.05) is 0 Å². The van der Waals surface area contributed by atoms with Gasteiger partial charge in [-0.25, -0.2) is 4.98 Å². The van der Waals surface area contributed by atoms with Crippen molar-refractivity contribution in [1.82, 2.24) is 9.55 Å². The molecule has 1 N–H and O–H groups in total. The average Bonchev–Trinajstić information content (AvgIpc) is 3.07. The zero-order valence-corrected chi connectivity index (χ0v) is 15.3. The van der Waals surface area contributed by atoms with Crippen LogP contribution in [0.4, 0.5) is 0 Å². The lowest BCUT2D eigenvalue weighted by Crippen LogP contribution is -2.33. The molecule has 134 valence electrons.